The number of esters is 2. The van der Waals surface area contributed by atoms with Crippen LogP contribution in [0.15, 0.2) is 0 Å². The van der Waals surface area contributed by atoms with E-state index >= 15 is 0 Å². The number of carbonyl (C=O) groups is 3. The standard InChI is InChI=1S/C14H21NO5/c1-3-19-12(16)7-11-13(17)9-5-6-15(11)8-10(9)14(18)20-4-2/h9-11H,3-8H2,1-2H3/t9-,10?,11?/m1/s1. The van der Waals surface area contributed by atoms with E-state index < -0.39 is 6.04 Å². The molecule has 6 heteroatoms. The van der Waals surface area contributed by atoms with E-state index in [1.165, 1.54) is 0 Å². The van der Waals surface area contributed by atoms with Gasteiger partial charge in [-0.2, -0.15) is 0 Å². The van der Waals surface area contributed by atoms with E-state index in [1.807, 2.05) is 4.90 Å². The van der Waals surface area contributed by atoms with Crippen LogP contribution in [-0.4, -0.2) is 55.0 Å². The van der Waals surface area contributed by atoms with Gasteiger partial charge in [-0.05, 0) is 26.8 Å². The second-order valence-electron chi connectivity index (χ2n) is 5.18. The van der Waals surface area contributed by atoms with Crippen molar-refractivity contribution < 1.29 is 23.9 Å². The highest BCUT2D eigenvalue weighted by Gasteiger charge is 2.50. The molecule has 0 aromatic rings. The minimum absolute atomic E-state index is 0.0198. The smallest absolute Gasteiger partial charge is 0.310 e. The van der Waals surface area contributed by atoms with Crippen molar-refractivity contribution in [1.82, 2.24) is 4.90 Å². The largest absolute Gasteiger partial charge is 0.466 e. The Labute approximate surface area is 118 Å². The highest BCUT2D eigenvalue weighted by atomic mass is 16.5. The lowest BCUT2D eigenvalue weighted by Gasteiger charge is -2.47. The number of hydrogen-bond donors (Lipinski definition) is 0. The number of hydrogen-bond acceptors (Lipinski definition) is 6. The Kier molecular flexibility index (Phi) is 4.75. The van der Waals surface area contributed by atoms with Crippen LogP contribution in [0.2, 0.25) is 0 Å². The van der Waals surface area contributed by atoms with Crippen LogP contribution in [-0.2, 0) is 23.9 Å². The third-order valence-electron chi connectivity index (χ3n) is 4.03. The predicted molar refractivity (Wildman–Crippen MR) is 69.8 cm³/mol. The third kappa shape index (κ3) is 2.85. The van der Waals surface area contributed by atoms with Gasteiger partial charge in [-0.25, -0.2) is 0 Å². The SMILES string of the molecule is CCOC(=O)CC1C(=O)[C@@H]2CCN1CC2C(=O)OCC. The van der Waals surface area contributed by atoms with E-state index in [4.69, 9.17) is 9.47 Å². The summed E-state index contributed by atoms with van der Waals surface area (Å²) in [7, 11) is 0. The molecule has 3 fully saturated rings. The average molecular weight is 283 g/mol. The minimum atomic E-state index is -0.432. The first kappa shape index (κ1) is 15.0. The van der Waals surface area contributed by atoms with E-state index in [2.05, 4.69) is 0 Å². The zero-order valence-corrected chi connectivity index (χ0v) is 12.0. The molecule has 0 aromatic carbocycles. The van der Waals surface area contributed by atoms with Crippen molar-refractivity contribution in [3.05, 3.63) is 0 Å². The summed E-state index contributed by atoms with van der Waals surface area (Å²) in [6.07, 6.45) is 0.750. The molecular weight excluding hydrogens is 262 g/mol. The fraction of sp³-hybridized carbons (Fsp3) is 0.786. The Bertz CT molecular complexity index is 404. The van der Waals surface area contributed by atoms with Crippen LogP contribution in [0.5, 0.6) is 0 Å². The fourth-order valence-corrected chi connectivity index (χ4v) is 3.12. The molecule has 0 amide bonds. The van der Waals surface area contributed by atoms with E-state index in [0.29, 0.717) is 26.2 Å². The van der Waals surface area contributed by atoms with Gasteiger partial charge in [-0.3, -0.25) is 19.3 Å². The van der Waals surface area contributed by atoms with Crippen molar-refractivity contribution in [3.63, 3.8) is 0 Å². The molecule has 0 spiro atoms. The second kappa shape index (κ2) is 6.35. The summed E-state index contributed by atoms with van der Waals surface area (Å²) in [6, 6.07) is -0.432. The van der Waals surface area contributed by atoms with Gasteiger partial charge in [0.05, 0.1) is 31.6 Å². The Morgan fingerprint density at radius 2 is 1.95 bits per heavy atom. The first-order valence-electron chi connectivity index (χ1n) is 7.18. The summed E-state index contributed by atoms with van der Waals surface area (Å²) in [6.45, 7) is 5.38. The Hall–Kier alpha value is -1.43. The molecule has 6 nitrogen and oxygen atoms in total. The summed E-state index contributed by atoms with van der Waals surface area (Å²) < 4.78 is 9.93. The first-order valence-corrected chi connectivity index (χ1v) is 7.18. The number of carbonyl (C=O) groups excluding carboxylic acids is 3. The molecule has 2 bridgehead atoms. The first-order chi connectivity index (χ1) is 9.58. The number of rotatable bonds is 5. The minimum Gasteiger partial charge on any atom is -0.466 e. The molecule has 20 heavy (non-hydrogen) atoms. The average Bonchev–Trinajstić information content (AvgIpc) is 2.43. The van der Waals surface area contributed by atoms with Gasteiger partial charge in [0.25, 0.3) is 0 Å². The highest BCUT2D eigenvalue weighted by molar-refractivity contribution is 5.95. The number of ether oxygens (including phenoxy) is 2. The second-order valence-corrected chi connectivity index (χ2v) is 5.18. The van der Waals surface area contributed by atoms with E-state index in [1.54, 1.807) is 13.8 Å². The molecule has 3 aliphatic rings. The van der Waals surface area contributed by atoms with Crippen LogP contribution >= 0.6 is 0 Å². The maximum atomic E-state index is 12.4. The number of piperidine rings is 3. The van der Waals surface area contributed by atoms with Crippen molar-refractivity contribution in [2.45, 2.75) is 32.7 Å². The van der Waals surface area contributed by atoms with Crippen LogP contribution < -0.4 is 0 Å². The number of fused-ring (bicyclic) bond motifs is 3. The predicted octanol–water partition coefficient (Wildman–Crippen LogP) is 0.392. The van der Waals surface area contributed by atoms with Gasteiger partial charge in [0.2, 0.25) is 0 Å². The van der Waals surface area contributed by atoms with Gasteiger partial charge in [0.15, 0.2) is 5.78 Å². The topological polar surface area (TPSA) is 72.9 Å². The lowest BCUT2D eigenvalue weighted by molar-refractivity contribution is -0.165. The lowest BCUT2D eigenvalue weighted by atomic mass is 9.74. The van der Waals surface area contributed by atoms with Crippen molar-refractivity contribution >= 4 is 17.7 Å². The molecular formula is C14H21NO5. The molecule has 4 atom stereocenters. The summed E-state index contributed by atoms with van der Waals surface area (Å²) >= 11 is 0. The summed E-state index contributed by atoms with van der Waals surface area (Å²) in [5.41, 5.74) is 0. The van der Waals surface area contributed by atoms with Crippen molar-refractivity contribution in [2.75, 3.05) is 26.3 Å². The Morgan fingerprint density at radius 1 is 1.25 bits per heavy atom. The monoisotopic (exact) mass is 283 g/mol. The Morgan fingerprint density at radius 3 is 2.55 bits per heavy atom. The van der Waals surface area contributed by atoms with E-state index in [9.17, 15) is 14.4 Å². The zero-order chi connectivity index (χ0) is 14.7. The van der Waals surface area contributed by atoms with Crippen LogP contribution in [0.25, 0.3) is 0 Å². The van der Waals surface area contributed by atoms with Gasteiger partial charge in [0.1, 0.15) is 0 Å². The van der Waals surface area contributed by atoms with E-state index in [0.717, 1.165) is 6.54 Å². The lowest BCUT2D eigenvalue weighted by Crippen LogP contribution is -2.61. The van der Waals surface area contributed by atoms with Gasteiger partial charge in [-0.15, -0.1) is 0 Å². The molecule has 0 saturated carbocycles. The van der Waals surface area contributed by atoms with Gasteiger partial charge >= 0.3 is 11.9 Å². The number of nitrogens with zero attached hydrogens (tertiary/aromatic N) is 1. The molecule has 3 saturated heterocycles. The molecule has 3 rings (SSSR count). The van der Waals surface area contributed by atoms with E-state index in [-0.39, 0.29) is 36.0 Å². The van der Waals surface area contributed by atoms with Crippen molar-refractivity contribution in [2.24, 2.45) is 11.8 Å². The molecule has 112 valence electrons. The summed E-state index contributed by atoms with van der Waals surface area (Å²) in [5.74, 6) is -1.36. The molecule has 3 heterocycles. The molecule has 3 aliphatic heterocycles. The van der Waals surface area contributed by atoms with Crippen LogP contribution in [0.3, 0.4) is 0 Å². The molecule has 0 N–H and O–H groups in total. The van der Waals surface area contributed by atoms with Gasteiger partial charge < -0.3 is 9.47 Å². The fourth-order valence-electron chi connectivity index (χ4n) is 3.12. The molecule has 0 radical (unpaired) electrons. The number of Topliss-reactive ketones (excluding diaryl/α,β-unsaturated/α-hetero) is 1. The molecule has 3 unspecified atom stereocenters. The van der Waals surface area contributed by atoms with Crippen LogP contribution in [0.4, 0.5) is 0 Å². The third-order valence-corrected chi connectivity index (χ3v) is 4.03. The summed E-state index contributed by atoms with van der Waals surface area (Å²) in [4.78, 5) is 37.7. The van der Waals surface area contributed by atoms with Crippen LogP contribution in [0.1, 0.15) is 26.7 Å². The van der Waals surface area contributed by atoms with Gasteiger partial charge in [-0.1, -0.05) is 0 Å². The zero-order valence-electron chi connectivity index (χ0n) is 12.0. The van der Waals surface area contributed by atoms with Crippen LogP contribution in [0, 0.1) is 11.8 Å². The van der Waals surface area contributed by atoms with Crippen molar-refractivity contribution in [1.29, 1.82) is 0 Å². The molecule has 0 aromatic heterocycles. The maximum Gasteiger partial charge on any atom is 0.310 e. The Balaban J connectivity index is 2.03. The van der Waals surface area contributed by atoms with Gasteiger partial charge in [0, 0.05) is 12.5 Å². The molecule has 0 aliphatic carbocycles. The van der Waals surface area contributed by atoms with Crippen molar-refractivity contribution in [3.8, 4) is 0 Å². The summed E-state index contributed by atoms with van der Waals surface area (Å²) in [5, 5.41) is 0. The number of ketones is 1. The normalized spacial score (nSPS) is 32.0. The quantitative estimate of drug-likeness (QED) is 0.680. The maximum absolute atomic E-state index is 12.4. The highest BCUT2D eigenvalue weighted by Crippen LogP contribution is 2.35.